The smallest absolute Gasteiger partial charge is 0.239 e. The second kappa shape index (κ2) is 5.87. The molecule has 0 saturated heterocycles. The van der Waals surface area contributed by atoms with E-state index < -0.39 is 39.8 Å². The van der Waals surface area contributed by atoms with Gasteiger partial charge in [0.2, 0.25) is 15.9 Å². The molecule has 0 atom stereocenters. The number of para-hydroxylation sites is 1. The zero-order chi connectivity index (χ0) is 13.8. The number of anilines is 1. The van der Waals surface area contributed by atoms with Gasteiger partial charge in [-0.2, -0.15) is 0 Å². The maximum absolute atomic E-state index is 13.2. The Labute approximate surface area is 103 Å². The van der Waals surface area contributed by atoms with Gasteiger partial charge in [0.15, 0.2) is 0 Å². The molecule has 0 spiro atoms. The van der Waals surface area contributed by atoms with E-state index >= 15 is 0 Å². The maximum Gasteiger partial charge on any atom is 0.239 e. The zero-order valence-corrected chi connectivity index (χ0v) is 10.4. The molecular weight excluding hydrogens is 266 g/mol. The zero-order valence-electron chi connectivity index (χ0n) is 9.54. The molecule has 1 aromatic rings. The van der Waals surface area contributed by atoms with Crippen LogP contribution in [0.15, 0.2) is 18.2 Å². The van der Waals surface area contributed by atoms with E-state index in [9.17, 15) is 22.0 Å². The summed E-state index contributed by atoms with van der Waals surface area (Å²) in [6.07, 6.45) is 0. The van der Waals surface area contributed by atoms with E-state index in [1.54, 1.807) is 0 Å². The maximum atomic E-state index is 13.2. The summed E-state index contributed by atoms with van der Waals surface area (Å²) in [4.78, 5) is 11.3. The van der Waals surface area contributed by atoms with Gasteiger partial charge in [0.1, 0.15) is 17.3 Å². The molecule has 0 bridgehead atoms. The van der Waals surface area contributed by atoms with Crippen molar-refractivity contribution in [1.29, 1.82) is 0 Å². The van der Waals surface area contributed by atoms with Crippen LogP contribution in [0.4, 0.5) is 14.5 Å². The highest BCUT2D eigenvalue weighted by molar-refractivity contribution is 7.89. The predicted octanol–water partition coefficient (Wildman–Crippen LogP) is 0.843. The summed E-state index contributed by atoms with van der Waals surface area (Å²) in [5, 5.41) is 1.96. The number of amides is 1. The topological polar surface area (TPSA) is 75.3 Å². The molecule has 100 valence electrons. The summed E-state index contributed by atoms with van der Waals surface area (Å²) >= 11 is 0. The third-order valence-corrected chi connectivity index (χ3v) is 3.40. The van der Waals surface area contributed by atoms with Crippen molar-refractivity contribution in [2.24, 2.45) is 0 Å². The van der Waals surface area contributed by atoms with Gasteiger partial charge in [-0.3, -0.25) is 4.79 Å². The van der Waals surface area contributed by atoms with Crippen molar-refractivity contribution >= 4 is 21.6 Å². The van der Waals surface area contributed by atoms with E-state index in [2.05, 4.69) is 0 Å². The number of carbonyl (C=O) groups excluding carboxylic acids is 1. The molecule has 2 N–H and O–H groups in total. The fourth-order valence-electron chi connectivity index (χ4n) is 1.08. The van der Waals surface area contributed by atoms with Crippen LogP contribution in [0.1, 0.15) is 6.92 Å². The Balaban J connectivity index is 2.66. The summed E-state index contributed by atoms with van der Waals surface area (Å²) in [7, 11) is -3.53. The van der Waals surface area contributed by atoms with E-state index in [0.29, 0.717) is 0 Å². The Morgan fingerprint density at radius 1 is 1.28 bits per heavy atom. The van der Waals surface area contributed by atoms with Crippen LogP contribution in [0.5, 0.6) is 0 Å². The SMILES string of the molecule is CCS(=O)(=O)NCC(=O)Nc1c(F)cccc1F. The number of carbonyl (C=O) groups is 1. The lowest BCUT2D eigenvalue weighted by Gasteiger charge is -2.08. The minimum atomic E-state index is -3.53. The van der Waals surface area contributed by atoms with Crippen molar-refractivity contribution in [3.05, 3.63) is 29.8 Å². The van der Waals surface area contributed by atoms with Crippen LogP contribution in [-0.4, -0.2) is 26.6 Å². The van der Waals surface area contributed by atoms with Gasteiger partial charge in [-0.15, -0.1) is 0 Å². The van der Waals surface area contributed by atoms with Crippen LogP contribution >= 0.6 is 0 Å². The highest BCUT2D eigenvalue weighted by Gasteiger charge is 2.14. The lowest BCUT2D eigenvalue weighted by Crippen LogP contribution is -2.34. The van der Waals surface area contributed by atoms with Crippen LogP contribution in [-0.2, 0) is 14.8 Å². The molecule has 8 heteroatoms. The molecule has 0 radical (unpaired) electrons. The number of hydrogen-bond donors (Lipinski definition) is 2. The van der Waals surface area contributed by atoms with Gasteiger partial charge < -0.3 is 5.32 Å². The monoisotopic (exact) mass is 278 g/mol. The van der Waals surface area contributed by atoms with Crippen LogP contribution in [0.25, 0.3) is 0 Å². The lowest BCUT2D eigenvalue weighted by atomic mass is 10.3. The van der Waals surface area contributed by atoms with Crippen molar-refractivity contribution in [3.63, 3.8) is 0 Å². The molecular formula is C10H12F2N2O3S. The van der Waals surface area contributed by atoms with Crippen molar-refractivity contribution < 1.29 is 22.0 Å². The Hall–Kier alpha value is -1.54. The number of benzene rings is 1. The average molecular weight is 278 g/mol. The van der Waals surface area contributed by atoms with Crippen molar-refractivity contribution in [2.45, 2.75) is 6.92 Å². The van der Waals surface area contributed by atoms with Crippen LogP contribution in [0.2, 0.25) is 0 Å². The number of hydrogen-bond acceptors (Lipinski definition) is 3. The number of nitrogens with one attached hydrogen (secondary N) is 2. The first kappa shape index (κ1) is 14.5. The molecule has 0 aliphatic heterocycles. The predicted molar refractivity (Wildman–Crippen MR) is 62.5 cm³/mol. The Kier molecular flexibility index (Phi) is 4.74. The quantitative estimate of drug-likeness (QED) is 0.838. The van der Waals surface area contributed by atoms with Gasteiger partial charge in [-0.05, 0) is 19.1 Å². The minimum absolute atomic E-state index is 0.186. The molecule has 0 aromatic heterocycles. The Bertz CT molecular complexity index is 526. The van der Waals surface area contributed by atoms with Gasteiger partial charge in [0.25, 0.3) is 0 Å². The highest BCUT2D eigenvalue weighted by atomic mass is 32.2. The van der Waals surface area contributed by atoms with Crippen LogP contribution in [0.3, 0.4) is 0 Å². The Morgan fingerprint density at radius 3 is 2.33 bits per heavy atom. The fourth-order valence-corrected chi connectivity index (χ4v) is 1.63. The molecule has 1 rings (SSSR count). The highest BCUT2D eigenvalue weighted by Crippen LogP contribution is 2.17. The van der Waals surface area contributed by atoms with Crippen molar-refractivity contribution in [1.82, 2.24) is 4.72 Å². The van der Waals surface area contributed by atoms with Gasteiger partial charge in [0.05, 0.1) is 12.3 Å². The summed E-state index contributed by atoms with van der Waals surface area (Å²) in [6, 6.07) is 3.12. The van der Waals surface area contributed by atoms with Crippen molar-refractivity contribution in [2.75, 3.05) is 17.6 Å². The molecule has 0 aliphatic carbocycles. The van der Waals surface area contributed by atoms with Gasteiger partial charge >= 0.3 is 0 Å². The first-order valence-electron chi connectivity index (χ1n) is 5.07. The third kappa shape index (κ3) is 4.04. The van der Waals surface area contributed by atoms with Crippen molar-refractivity contribution in [3.8, 4) is 0 Å². The molecule has 0 heterocycles. The van der Waals surface area contributed by atoms with E-state index in [-0.39, 0.29) is 5.75 Å². The molecule has 0 unspecified atom stereocenters. The second-order valence-corrected chi connectivity index (χ2v) is 5.46. The summed E-state index contributed by atoms with van der Waals surface area (Å²) < 4.78 is 50.4. The third-order valence-electron chi connectivity index (χ3n) is 2.06. The molecule has 0 aliphatic rings. The summed E-state index contributed by atoms with van der Waals surface area (Å²) in [5.74, 6) is -2.90. The molecule has 1 aromatic carbocycles. The first-order chi connectivity index (χ1) is 8.35. The van der Waals surface area contributed by atoms with E-state index in [4.69, 9.17) is 0 Å². The first-order valence-corrected chi connectivity index (χ1v) is 6.72. The van der Waals surface area contributed by atoms with E-state index in [0.717, 1.165) is 18.2 Å². The number of halogens is 2. The lowest BCUT2D eigenvalue weighted by molar-refractivity contribution is -0.115. The molecule has 0 fully saturated rings. The number of rotatable bonds is 5. The second-order valence-electron chi connectivity index (χ2n) is 3.37. The van der Waals surface area contributed by atoms with Gasteiger partial charge in [-0.1, -0.05) is 6.07 Å². The molecule has 0 saturated carbocycles. The fraction of sp³-hybridized carbons (Fsp3) is 0.300. The largest absolute Gasteiger partial charge is 0.320 e. The summed E-state index contributed by atoms with van der Waals surface area (Å²) in [6.45, 7) is 0.820. The molecule has 5 nitrogen and oxygen atoms in total. The number of sulfonamides is 1. The normalized spacial score (nSPS) is 11.3. The minimum Gasteiger partial charge on any atom is -0.320 e. The van der Waals surface area contributed by atoms with Crippen LogP contribution in [0, 0.1) is 11.6 Å². The van der Waals surface area contributed by atoms with Gasteiger partial charge in [0, 0.05) is 0 Å². The average Bonchev–Trinajstić information content (AvgIpc) is 2.32. The van der Waals surface area contributed by atoms with E-state index in [1.807, 2.05) is 10.0 Å². The van der Waals surface area contributed by atoms with E-state index in [1.165, 1.54) is 6.92 Å². The Morgan fingerprint density at radius 2 is 1.83 bits per heavy atom. The standard InChI is InChI=1S/C10H12F2N2O3S/c1-2-18(16,17)13-6-9(15)14-10-7(11)4-3-5-8(10)12/h3-5,13H,2,6H2,1H3,(H,14,15). The molecule has 1 amide bonds. The van der Waals surface area contributed by atoms with Crippen LogP contribution < -0.4 is 10.0 Å². The van der Waals surface area contributed by atoms with Gasteiger partial charge in [-0.25, -0.2) is 21.9 Å². The molecule has 18 heavy (non-hydrogen) atoms. The summed E-state index contributed by atoms with van der Waals surface area (Å²) in [5.41, 5.74) is -0.599.